The van der Waals surface area contributed by atoms with Crippen molar-refractivity contribution in [3.8, 4) is 0 Å². The van der Waals surface area contributed by atoms with Gasteiger partial charge in [0, 0.05) is 5.02 Å². The van der Waals surface area contributed by atoms with E-state index in [-0.39, 0.29) is 9.92 Å². The van der Waals surface area contributed by atoms with Crippen molar-refractivity contribution in [3.05, 3.63) is 28.2 Å². The minimum absolute atomic E-state index is 0.249. The Bertz CT molecular complexity index is 420. The van der Waals surface area contributed by atoms with Crippen LogP contribution in [0.1, 0.15) is 6.92 Å². The topological polar surface area (TPSA) is 54.4 Å². The number of aliphatic carboxylic acids is 1. The first-order chi connectivity index (χ1) is 6.93. The van der Waals surface area contributed by atoms with Gasteiger partial charge in [-0.15, -0.1) is 0 Å². The van der Waals surface area contributed by atoms with E-state index in [1.54, 1.807) is 6.07 Å². The van der Waals surface area contributed by atoms with Crippen LogP contribution in [-0.2, 0) is 15.6 Å². The van der Waals surface area contributed by atoms with E-state index in [2.05, 4.69) is 0 Å². The number of halogens is 2. The fourth-order valence-electron chi connectivity index (χ4n) is 0.913. The second-order valence-corrected chi connectivity index (χ2v) is 5.44. The van der Waals surface area contributed by atoms with Gasteiger partial charge in [0.25, 0.3) is 0 Å². The maximum Gasteiger partial charge on any atom is 0.319 e. The zero-order chi connectivity index (χ0) is 11.6. The Labute approximate surface area is 99.5 Å². The van der Waals surface area contributed by atoms with Crippen molar-refractivity contribution in [2.45, 2.75) is 17.1 Å². The molecule has 0 aliphatic rings. The monoisotopic (exact) mass is 266 g/mol. The van der Waals surface area contributed by atoms with Crippen LogP contribution in [0.25, 0.3) is 0 Å². The summed E-state index contributed by atoms with van der Waals surface area (Å²) < 4.78 is 11.7. The zero-order valence-corrected chi connectivity index (χ0v) is 10.1. The van der Waals surface area contributed by atoms with Crippen LogP contribution < -0.4 is 0 Å². The number of rotatable bonds is 3. The maximum atomic E-state index is 11.7. The summed E-state index contributed by atoms with van der Waals surface area (Å²) in [5, 5.41) is 8.32. The molecule has 0 spiro atoms. The smallest absolute Gasteiger partial charge is 0.319 e. The van der Waals surface area contributed by atoms with Crippen molar-refractivity contribution in [2.75, 3.05) is 0 Å². The van der Waals surface area contributed by atoms with Gasteiger partial charge in [-0.2, -0.15) is 0 Å². The molecule has 6 heteroatoms. The molecule has 0 amide bonds. The SMILES string of the molecule is CC(C(=O)O)S(=O)c1cc(Cl)ccc1Cl. The molecule has 0 heterocycles. The van der Waals surface area contributed by atoms with E-state index in [4.69, 9.17) is 28.3 Å². The molecule has 0 aliphatic carbocycles. The van der Waals surface area contributed by atoms with Crippen LogP contribution >= 0.6 is 23.2 Å². The summed E-state index contributed by atoms with van der Waals surface area (Å²) in [5.41, 5.74) is 0. The summed E-state index contributed by atoms with van der Waals surface area (Å²) in [7, 11) is -1.70. The van der Waals surface area contributed by atoms with Crippen molar-refractivity contribution >= 4 is 40.0 Å². The lowest BCUT2D eigenvalue weighted by Crippen LogP contribution is -2.22. The third-order valence-electron chi connectivity index (χ3n) is 1.78. The highest BCUT2D eigenvalue weighted by Gasteiger charge is 2.22. The van der Waals surface area contributed by atoms with Gasteiger partial charge >= 0.3 is 5.97 Å². The van der Waals surface area contributed by atoms with Crippen LogP contribution in [-0.4, -0.2) is 20.5 Å². The molecule has 0 bridgehead atoms. The molecule has 1 aromatic carbocycles. The molecule has 0 aliphatic heterocycles. The van der Waals surface area contributed by atoms with E-state index in [1.165, 1.54) is 19.1 Å². The first kappa shape index (κ1) is 12.5. The average Bonchev–Trinajstić information content (AvgIpc) is 2.19. The minimum Gasteiger partial charge on any atom is -0.480 e. The fraction of sp³-hybridized carbons (Fsp3) is 0.222. The third-order valence-corrected chi connectivity index (χ3v) is 4.07. The summed E-state index contributed by atoms with van der Waals surface area (Å²) in [4.78, 5) is 10.9. The Morgan fingerprint density at radius 1 is 1.47 bits per heavy atom. The Hall–Kier alpha value is -0.580. The number of carboxylic acid groups (broad SMARTS) is 1. The molecular formula is C9H8Cl2O3S. The molecule has 2 unspecified atom stereocenters. The molecule has 1 rings (SSSR count). The molecule has 0 fully saturated rings. The highest BCUT2D eigenvalue weighted by atomic mass is 35.5. The predicted octanol–water partition coefficient (Wildman–Crippen LogP) is 2.57. The maximum absolute atomic E-state index is 11.7. The largest absolute Gasteiger partial charge is 0.480 e. The highest BCUT2D eigenvalue weighted by molar-refractivity contribution is 7.86. The van der Waals surface area contributed by atoms with Gasteiger partial charge in [-0.3, -0.25) is 9.00 Å². The van der Waals surface area contributed by atoms with Crippen LogP contribution in [0.5, 0.6) is 0 Å². The first-order valence-electron chi connectivity index (χ1n) is 4.02. The lowest BCUT2D eigenvalue weighted by Gasteiger charge is -2.08. The highest BCUT2D eigenvalue weighted by Crippen LogP contribution is 2.25. The van der Waals surface area contributed by atoms with Crippen molar-refractivity contribution < 1.29 is 14.1 Å². The molecule has 1 N–H and O–H groups in total. The number of hydrogen-bond donors (Lipinski definition) is 1. The quantitative estimate of drug-likeness (QED) is 0.915. The average molecular weight is 267 g/mol. The van der Waals surface area contributed by atoms with E-state index in [9.17, 15) is 9.00 Å². The third kappa shape index (κ3) is 2.93. The van der Waals surface area contributed by atoms with Gasteiger partial charge in [0.15, 0.2) is 0 Å². The van der Waals surface area contributed by atoms with Crippen molar-refractivity contribution in [1.82, 2.24) is 0 Å². The molecule has 15 heavy (non-hydrogen) atoms. The van der Waals surface area contributed by atoms with Crippen LogP contribution in [0.2, 0.25) is 10.0 Å². The molecule has 82 valence electrons. The standard InChI is InChI=1S/C9H8Cl2O3S/c1-5(9(12)13)15(14)8-4-6(10)2-3-7(8)11/h2-5H,1H3,(H,12,13). The lowest BCUT2D eigenvalue weighted by atomic mass is 10.4. The van der Waals surface area contributed by atoms with Crippen molar-refractivity contribution in [2.24, 2.45) is 0 Å². The number of hydrogen-bond acceptors (Lipinski definition) is 2. The van der Waals surface area contributed by atoms with Gasteiger partial charge in [-0.1, -0.05) is 23.2 Å². The Balaban J connectivity index is 3.11. The number of carboxylic acids is 1. The van der Waals surface area contributed by atoms with E-state index < -0.39 is 22.0 Å². The van der Waals surface area contributed by atoms with Crippen molar-refractivity contribution in [1.29, 1.82) is 0 Å². The van der Waals surface area contributed by atoms with E-state index >= 15 is 0 Å². The van der Waals surface area contributed by atoms with Crippen molar-refractivity contribution in [3.63, 3.8) is 0 Å². The Morgan fingerprint density at radius 3 is 2.60 bits per heavy atom. The van der Waals surface area contributed by atoms with Gasteiger partial charge in [0.2, 0.25) is 0 Å². The van der Waals surface area contributed by atoms with Gasteiger partial charge in [-0.05, 0) is 25.1 Å². The summed E-state index contributed by atoms with van der Waals surface area (Å²) in [6.07, 6.45) is 0. The van der Waals surface area contributed by atoms with E-state index in [0.29, 0.717) is 5.02 Å². The molecule has 2 atom stereocenters. The minimum atomic E-state index is -1.70. The summed E-state index contributed by atoms with van der Waals surface area (Å²) in [5.74, 6) is -1.13. The van der Waals surface area contributed by atoms with Crippen LogP contribution in [0.3, 0.4) is 0 Å². The van der Waals surface area contributed by atoms with Gasteiger partial charge in [0.05, 0.1) is 20.7 Å². The zero-order valence-electron chi connectivity index (χ0n) is 7.74. The lowest BCUT2D eigenvalue weighted by molar-refractivity contribution is -0.136. The summed E-state index contributed by atoms with van der Waals surface area (Å²) in [6, 6.07) is 4.46. The number of carbonyl (C=O) groups is 1. The van der Waals surface area contributed by atoms with Gasteiger partial charge < -0.3 is 5.11 Å². The molecule has 0 saturated carbocycles. The second kappa shape index (κ2) is 4.96. The van der Waals surface area contributed by atoms with E-state index in [0.717, 1.165) is 0 Å². The molecule has 1 aromatic rings. The molecule has 3 nitrogen and oxygen atoms in total. The van der Waals surface area contributed by atoms with Gasteiger partial charge in [-0.25, -0.2) is 0 Å². The van der Waals surface area contributed by atoms with E-state index in [1.807, 2.05) is 0 Å². The van der Waals surface area contributed by atoms with Gasteiger partial charge in [0.1, 0.15) is 5.25 Å². The fourth-order valence-corrected chi connectivity index (χ4v) is 2.56. The van der Waals surface area contributed by atoms with Crippen LogP contribution in [0, 0.1) is 0 Å². The second-order valence-electron chi connectivity index (χ2n) is 2.85. The molecule has 0 radical (unpaired) electrons. The normalized spacial score (nSPS) is 14.6. The predicted molar refractivity (Wildman–Crippen MR) is 60.0 cm³/mol. The first-order valence-corrected chi connectivity index (χ1v) is 5.99. The summed E-state index contributed by atoms with van der Waals surface area (Å²) >= 11 is 11.5. The molecule has 0 saturated heterocycles. The Kier molecular flexibility index (Phi) is 4.13. The molecule has 0 aromatic heterocycles. The number of benzene rings is 1. The molecular weight excluding hydrogens is 259 g/mol. The summed E-state index contributed by atoms with van der Waals surface area (Å²) in [6.45, 7) is 1.36. The van der Waals surface area contributed by atoms with Crippen LogP contribution in [0.15, 0.2) is 23.1 Å². The Morgan fingerprint density at radius 2 is 2.07 bits per heavy atom. The van der Waals surface area contributed by atoms with Crippen LogP contribution in [0.4, 0.5) is 0 Å².